The minimum absolute atomic E-state index is 0.00843. The van der Waals surface area contributed by atoms with Gasteiger partial charge in [0.2, 0.25) is 0 Å². The van der Waals surface area contributed by atoms with Crippen molar-refractivity contribution < 1.29 is 27.8 Å². The summed E-state index contributed by atoms with van der Waals surface area (Å²) in [6.07, 6.45) is -2.95. The summed E-state index contributed by atoms with van der Waals surface area (Å²) >= 11 is 0. The molecule has 2 unspecified atom stereocenters. The van der Waals surface area contributed by atoms with Crippen molar-refractivity contribution in [1.29, 1.82) is 0 Å². The predicted molar refractivity (Wildman–Crippen MR) is 117 cm³/mol. The average Bonchev–Trinajstić information content (AvgIpc) is 3.16. The van der Waals surface area contributed by atoms with Crippen LogP contribution in [0.15, 0.2) is 42.5 Å². The number of benzene rings is 2. The van der Waals surface area contributed by atoms with Crippen molar-refractivity contribution >= 4 is 17.0 Å². The minimum atomic E-state index is -4.35. The zero-order chi connectivity index (χ0) is 23.6. The van der Waals surface area contributed by atoms with Gasteiger partial charge < -0.3 is 14.8 Å². The Kier molecular flexibility index (Phi) is 6.60. The summed E-state index contributed by atoms with van der Waals surface area (Å²) in [5.41, 5.74) is 1.81. The van der Waals surface area contributed by atoms with Crippen molar-refractivity contribution in [3.05, 3.63) is 59.4 Å². The smallest absolute Gasteiger partial charge is 0.416 e. The second-order valence-electron chi connectivity index (χ2n) is 8.61. The van der Waals surface area contributed by atoms with Crippen molar-refractivity contribution in [2.75, 3.05) is 20.2 Å². The first-order valence-corrected chi connectivity index (χ1v) is 10.8. The zero-order valence-corrected chi connectivity index (χ0v) is 18.2. The summed E-state index contributed by atoms with van der Waals surface area (Å²) in [7, 11) is 1.60. The number of ether oxygens (including phenoxy) is 1. The van der Waals surface area contributed by atoms with Gasteiger partial charge in [-0.25, -0.2) is 4.98 Å². The molecule has 0 aliphatic carbocycles. The number of alkyl halides is 3. The molecule has 176 valence electrons. The molecule has 2 aromatic carbocycles. The van der Waals surface area contributed by atoms with E-state index in [0.717, 1.165) is 40.3 Å². The van der Waals surface area contributed by atoms with E-state index in [2.05, 4.69) is 14.9 Å². The van der Waals surface area contributed by atoms with Crippen molar-refractivity contribution in [3.63, 3.8) is 0 Å². The van der Waals surface area contributed by atoms with Gasteiger partial charge in [0.05, 0.1) is 23.7 Å². The molecule has 4 rings (SSSR count). The van der Waals surface area contributed by atoms with E-state index in [-0.39, 0.29) is 18.3 Å². The lowest BCUT2D eigenvalue weighted by atomic mass is 9.81. The first-order chi connectivity index (χ1) is 15.7. The van der Waals surface area contributed by atoms with Gasteiger partial charge in [-0.05, 0) is 54.6 Å². The Morgan fingerprint density at radius 2 is 1.97 bits per heavy atom. The molecule has 1 aliphatic heterocycles. The molecular weight excluding hydrogens is 435 g/mol. The Labute approximate surface area is 189 Å². The SMILES string of the molecule is COc1ccc2nc(CC3CN(Cc4ccc(C(F)(F)F)cc4)CCC3CC(=O)O)[nH]c2c1. The van der Waals surface area contributed by atoms with Gasteiger partial charge in [0.25, 0.3) is 0 Å². The second kappa shape index (κ2) is 9.43. The molecule has 6 nitrogen and oxygen atoms in total. The van der Waals surface area contributed by atoms with E-state index in [1.54, 1.807) is 7.11 Å². The Morgan fingerprint density at radius 1 is 1.21 bits per heavy atom. The number of carboxylic acids is 1. The lowest BCUT2D eigenvalue weighted by Crippen LogP contribution is -2.41. The van der Waals surface area contributed by atoms with Gasteiger partial charge in [-0.2, -0.15) is 13.2 Å². The van der Waals surface area contributed by atoms with Crippen LogP contribution in [0.5, 0.6) is 5.75 Å². The van der Waals surface area contributed by atoms with Crippen molar-refractivity contribution in [3.8, 4) is 5.75 Å². The summed E-state index contributed by atoms with van der Waals surface area (Å²) in [4.78, 5) is 21.6. The van der Waals surface area contributed by atoms with Crippen molar-refractivity contribution in [2.24, 2.45) is 11.8 Å². The molecule has 1 aliphatic rings. The average molecular weight is 461 g/mol. The van der Waals surface area contributed by atoms with E-state index < -0.39 is 17.7 Å². The number of halogens is 3. The maximum absolute atomic E-state index is 12.8. The number of H-pyrrole nitrogens is 1. The van der Waals surface area contributed by atoms with Crippen LogP contribution in [-0.4, -0.2) is 46.1 Å². The number of fused-ring (bicyclic) bond motifs is 1. The fraction of sp³-hybridized carbons (Fsp3) is 0.417. The number of hydrogen-bond donors (Lipinski definition) is 2. The molecule has 3 aromatic rings. The third-order valence-electron chi connectivity index (χ3n) is 6.29. The number of piperidine rings is 1. The molecule has 0 bridgehead atoms. The van der Waals surface area contributed by atoms with Crippen LogP contribution in [0.1, 0.15) is 29.8 Å². The van der Waals surface area contributed by atoms with Crippen LogP contribution in [0.3, 0.4) is 0 Å². The van der Waals surface area contributed by atoms with E-state index in [0.29, 0.717) is 32.5 Å². The van der Waals surface area contributed by atoms with Crippen LogP contribution in [0.4, 0.5) is 13.2 Å². The molecule has 0 radical (unpaired) electrons. The maximum Gasteiger partial charge on any atom is 0.416 e. The molecule has 9 heteroatoms. The Balaban J connectivity index is 1.48. The molecule has 0 saturated carbocycles. The number of carbonyl (C=O) groups is 1. The lowest BCUT2D eigenvalue weighted by Gasteiger charge is -2.38. The van der Waals surface area contributed by atoms with Gasteiger partial charge in [0.15, 0.2) is 0 Å². The highest BCUT2D eigenvalue weighted by atomic mass is 19.4. The number of likely N-dealkylation sites (tertiary alicyclic amines) is 1. The number of nitrogens with zero attached hydrogens (tertiary/aromatic N) is 2. The Bertz CT molecular complexity index is 1110. The third-order valence-corrected chi connectivity index (χ3v) is 6.29. The fourth-order valence-electron chi connectivity index (χ4n) is 4.59. The number of aromatic nitrogens is 2. The van der Waals surface area contributed by atoms with Gasteiger partial charge in [0, 0.05) is 32.0 Å². The molecular formula is C24H26F3N3O3. The number of imidazole rings is 1. The fourth-order valence-corrected chi connectivity index (χ4v) is 4.59. The van der Waals surface area contributed by atoms with E-state index in [1.807, 2.05) is 18.2 Å². The van der Waals surface area contributed by atoms with Crippen LogP contribution in [0.25, 0.3) is 11.0 Å². The molecule has 1 aromatic heterocycles. The van der Waals surface area contributed by atoms with Gasteiger partial charge in [-0.3, -0.25) is 9.69 Å². The molecule has 1 saturated heterocycles. The molecule has 2 N–H and O–H groups in total. The highest BCUT2D eigenvalue weighted by Crippen LogP contribution is 2.32. The first-order valence-electron chi connectivity index (χ1n) is 10.8. The van der Waals surface area contributed by atoms with Gasteiger partial charge in [-0.1, -0.05) is 12.1 Å². The molecule has 2 atom stereocenters. The summed E-state index contributed by atoms with van der Waals surface area (Å²) in [5, 5.41) is 9.37. The number of rotatable bonds is 7. The highest BCUT2D eigenvalue weighted by Gasteiger charge is 2.32. The monoisotopic (exact) mass is 461 g/mol. The van der Waals surface area contributed by atoms with E-state index >= 15 is 0 Å². The van der Waals surface area contributed by atoms with Crippen molar-refractivity contribution in [2.45, 2.75) is 32.0 Å². The number of hydrogen-bond acceptors (Lipinski definition) is 4. The first kappa shape index (κ1) is 23.1. The largest absolute Gasteiger partial charge is 0.497 e. The number of carboxylic acid groups (broad SMARTS) is 1. The Morgan fingerprint density at radius 3 is 2.64 bits per heavy atom. The van der Waals surface area contributed by atoms with E-state index in [9.17, 15) is 23.1 Å². The number of nitrogens with one attached hydrogen (secondary N) is 1. The number of aromatic amines is 1. The van der Waals surface area contributed by atoms with Crippen LogP contribution in [0.2, 0.25) is 0 Å². The van der Waals surface area contributed by atoms with Gasteiger partial charge >= 0.3 is 12.1 Å². The van der Waals surface area contributed by atoms with Gasteiger partial charge in [-0.15, -0.1) is 0 Å². The lowest BCUT2D eigenvalue weighted by molar-refractivity contribution is -0.139. The summed E-state index contributed by atoms with van der Waals surface area (Å²) in [6, 6.07) is 10.8. The maximum atomic E-state index is 12.8. The van der Waals surface area contributed by atoms with Crippen LogP contribution >= 0.6 is 0 Å². The van der Waals surface area contributed by atoms with E-state index in [1.165, 1.54) is 12.1 Å². The van der Waals surface area contributed by atoms with E-state index in [4.69, 9.17) is 4.74 Å². The highest BCUT2D eigenvalue weighted by molar-refractivity contribution is 5.76. The molecule has 2 heterocycles. The molecule has 1 fully saturated rings. The standard InChI is InChI=1S/C24H26F3N3O3/c1-33-19-6-7-20-21(12-19)29-22(28-20)10-17-14-30(9-8-16(17)11-23(31)32)13-15-2-4-18(5-3-15)24(25,26)27/h2-7,12,16-17H,8-11,13-14H2,1H3,(H,28,29)(H,31,32). The topological polar surface area (TPSA) is 78.4 Å². The van der Waals surface area contributed by atoms with Crippen LogP contribution in [0, 0.1) is 11.8 Å². The number of methoxy groups -OCH3 is 1. The normalized spacial score (nSPS) is 19.6. The quantitative estimate of drug-likeness (QED) is 0.531. The summed E-state index contributed by atoms with van der Waals surface area (Å²) in [5.74, 6) is 0.758. The molecule has 0 spiro atoms. The number of aliphatic carboxylic acids is 1. The van der Waals surface area contributed by atoms with Crippen LogP contribution < -0.4 is 4.74 Å². The molecule has 0 amide bonds. The summed E-state index contributed by atoms with van der Waals surface area (Å²) in [6.45, 7) is 1.87. The third kappa shape index (κ3) is 5.65. The van der Waals surface area contributed by atoms with Gasteiger partial charge in [0.1, 0.15) is 11.6 Å². The van der Waals surface area contributed by atoms with Crippen molar-refractivity contribution in [1.82, 2.24) is 14.9 Å². The Hall–Kier alpha value is -3.07. The molecule has 33 heavy (non-hydrogen) atoms. The van der Waals surface area contributed by atoms with Crippen LogP contribution in [-0.2, 0) is 23.9 Å². The predicted octanol–water partition coefficient (Wildman–Crippen LogP) is 4.75. The minimum Gasteiger partial charge on any atom is -0.497 e. The zero-order valence-electron chi connectivity index (χ0n) is 18.2. The summed E-state index contributed by atoms with van der Waals surface area (Å²) < 4.78 is 43.7. The second-order valence-corrected chi connectivity index (χ2v) is 8.61.